The summed E-state index contributed by atoms with van der Waals surface area (Å²) in [5, 5.41) is 12.8. The molecular formula is C70H96Cl4F2N12O14S2. The van der Waals surface area contributed by atoms with Crippen molar-refractivity contribution in [1.29, 1.82) is 0 Å². The highest BCUT2D eigenvalue weighted by Gasteiger charge is 2.44. The zero-order valence-corrected chi connectivity index (χ0v) is 64.2. The van der Waals surface area contributed by atoms with Gasteiger partial charge in [0, 0.05) is 148 Å². The number of urea groups is 2. The van der Waals surface area contributed by atoms with Gasteiger partial charge in [-0.2, -0.15) is 0 Å². The molecule has 6 atom stereocenters. The van der Waals surface area contributed by atoms with E-state index in [0.717, 1.165) is 23.3 Å². The molecule has 0 radical (unpaired) electrons. The summed E-state index contributed by atoms with van der Waals surface area (Å²) in [6, 6.07) is 11.9. The normalized spacial score (nSPS) is 21.4. The van der Waals surface area contributed by atoms with Crippen molar-refractivity contribution < 1.29 is 73.2 Å². The molecule has 574 valence electrons. The summed E-state index contributed by atoms with van der Waals surface area (Å²) in [4.78, 5) is 61.7. The van der Waals surface area contributed by atoms with Gasteiger partial charge in [-0.1, -0.05) is 46.4 Å². The molecule has 26 nitrogen and oxygen atoms in total. The van der Waals surface area contributed by atoms with E-state index in [-0.39, 0.29) is 83.9 Å². The third-order valence-electron chi connectivity index (χ3n) is 18.9. The smallest absolute Gasteiger partial charge is 0.410 e. The number of sulfonamides is 2. The van der Waals surface area contributed by atoms with Crippen LogP contribution in [0.25, 0.3) is 0 Å². The van der Waals surface area contributed by atoms with E-state index in [1.807, 2.05) is 41.5 Å². The first kappa shape index (κ1) is 80.7. The molecule has 4 aliphatic heterocycles. The van der Waals surface area contributed by atoms with E-state index in [1.54, 1.807) is 34.1 Å². The fourth-order valence-corrected chi connectivity index (χ4v) is 17.4. The zero-order valence-electron chi connectivity index (χ0n) is 59.5. The van der Waals surface area contributed by atoms with Gasteiger partial charge in [-0.05, 0) is 165 Å². The molecule has 4 fully saturated rings. The lowest BCUT2D eigenvalue weighted by atomic mass is 10.1. The first-order chi connectivity index (χ1) is 49.3. The van der Waals surface area contributed by atoms with E-state index < -0.39 is 67.2 Å². The molecule has 34 heteroatoms. The van der Waals surface area contributed by atoms with Crippen LogP contribution >= 0.6 is 46.4 Å². The van der Waals surface area contributed by atoms with E-state index in [2.05, 4.69) is 50.3 Å². The maximum atomic E-state index is 16.0. The molecule has 4 aromatic carbocycles. The van der Waals surface area contributed by atoms with Crippen molar-refractivity contribution >= 4 is 90.7 Å². The van der Waals surface area contributed by atoms with Gasteiger partial charge in [-0.25, -0.2) is 54.2 Å². The number of carbonyl (C=O) groups is 4. The summed E-state index contributed by atoms with van der Waals surface area (Å²) in [7, 11) is -8.23. The Morgan fingerprint density at radius 3 is 1.24 bits per heavy atom. The van der Waals surface area contributed by atoms with Gasteiger partial charge >= 0.3 is 24.2 Å². The molecule has 6 N–H and O–H groups in total. The lowest BCUT2D eigenvalue weighted by molar-refractivity contribution is 0.000287. The standard InChI is InChI=1S/C70H96Cl4F2N12O14S2/c1-69(2,3)101-67(91)87-25-21-85(22-26-87)59-41-51-53(35-45(71)37-55(51)73)63(59)99-61-11-9-49(39-57(61)75)103(93,94)81-47-13-19-83(43-47)29-33-97-31-17-79-65(89)77-15-7-8-16-78-66(90)80-18-32-98-34-30-84-20-14-48(44-84)82-104(95,96)50-10-12-62(58(76)40-50)100-64-54-36-46(72)38-56(74)52(54)42-60(64)86-23-27-88(28-24-86)68(92)102-70(4,5)6/h9-12,35-40,47-48,59-60,63-64,81-82H,7-8,13-34,41-44H2,1-6H3,(H2,77,79,89)(H2,78,80,90)/t47-,48-,59+,60+,63+,64+/m1/s1. The highest BCUT2D eigenvalue weighted by atomic mass is 35.5. The molecule has 0 unspecified atom stereocenters. The Kier molecular flexibility index (Phi) is 27.9. The second kappa shape index (κ2) is 35.9. The Morgan fingerprint density at radius 1 is 0.500 bits per heavy atom. The first-order valence-corrected chi connectivity index (χ1v) is 39.8. The number of fused-ring (bicyclic) bond motifs is 2. The predicted octanol–water partition coefficient (Wildman–Crippen LogP) is 8.59. The lowest BCUT2D eigenvalue weighted by Gasteiger charge is -2.40. The predicted molar refractivity (Wildman–Crippen MR) is 390 cm³/mol. The molecule has 4 aromatic rings. The van der Waals surface area contributed by atoms with Crippen LogP contribution in [-0.4, -0.2) is 250 Å². The molecule has 4 heterocycles. The largest absolute Gasteiger partial charge is 0.481 e. The summed E-state index contributed by atoms with van der Waals surface area (Å²) in [5.41, 5.74) is 1.81. The maximum absolute atomic E-state index is 16.0. The first-order valence-electron chi connectivity index (χ1n) is 35.4. The Labute approximate surface area is 628 Å². The molecule has 0 saturated carbocycles. The van der Waals surface area contributed by atoms with E-state index in [0.29, 0.717) is 188 Å². The number of nitrogens with one attached hydrogen (secondary N) is 6. The molecule has 0 bridgehead atoms. The van der Waals surface area contributed by atoms with Crippen LogP contribution in [0.5, 0.6) is 11.5 Å². The molecule has 6 aliphatic rings. The Hall–Kier alpha value is -5.84. The van der Waals surface area contributed by atoms with Crippen LogP contribution in [0.3, 0.4) is 0 Å². The number of likely N-dealkylation sites (tertiary alicyclic amines) is 2. The van der Waals surface area contributed by atoms with Crippen molar-refractivity contribution in [2.75, 3.05) is 144 Å². The molecule has 4 saturated heterocycles. The molecule has 6 amide bonds. The number of piperazine rings is 2. The molecule has 0 aromatic heterocycles. The molecule has 104 heavy (non-hydrogen) atoms. The summed E-state index contributed by atoms with van der Waals surface area (Å²) in [6.45, 7) is 20.3. The third-order valence-corrected chi connectivity index (χ3v) is 23.0. The second-order valence-corrected chi connectivity index (χ2v) is 33.9. The summed E-state index contributed by atoms with van der Waals surface area (Å²) >= 11 is 26.2. The number of hydrogen-bond acceptors (Lipinski definition) is 18. The van der Waals surface area contributed by atoms with Crippen LogP contribution in [0.1, 0.15) is 102 Å². The summed E-state index contributed by atoms with van der Waals surface area (Å²) in [5.74, 6) is -1.96. The van der Waals surface area contributed by atoms with Crippen molar-refractivity contribution in [1.82, 2.24) is 60.1 Å². The van der Waals surface area contributed by atoms with Gasteiger partial charge in [0.05, 0.1) is 48.3 Å². The van der Waals surface area contributed by atoms with Crippen molar-refractivity contribution in [3.8, 4) is 11.5 Å². The number of hydrogen-bond donors (Lipinski definition) is 6. The van der Waals surface area contributed by atoms with Crippen LogP contribution < -0.4 is 40.2 Å². The minimum atomic E-state index is -4.11. The quantitative estimate of drug-likeness (QED) is 0.0278. The second-order valence-electron chi connectivity index (χ2n) is 28.8. The van der Waals surface area contributed by atoms with Gasteiger partial charge in [-0.15, -0.1) is 0 Å². The van der Waals surface area contributed by atoms with Gasteiger partial charge in [0.2, 0.25) is 20.0 Å². The average Bonchev–Trinajstić information content (AvgIpc) is 1.34. The number of amides is 6. The Balaban J connectivity index is 0.538. The van der Waals surface area contributed by atoms with Crippen molar-refractivity contribution in [3.05, 3.63) is 115 Å². The monoisotopic (exact) mass is 1570 g/mol. The number of unbranched alkanes of at least 4 members (excludes halogenated alkanes) is 1. The third kappa shape index (κ3) is 22.4. The Bertz CT molecular complexity index is 3660. The highest BCUT2D eigenvalue weighted by Crippen LogP contribution is 2.46. The van der Waals surface area contributed by atoms with Gasteiger partial charge in [0.1, 0.15) is 23.4 Å². The Morgan fingerprint density at radius 2 is 0.875 bits per heavy atom. The number of benzene rings is 4. The number of carbonyl (C=O) groups excluding carboxylic acids is 4. The SMILES string of the molecule is CC(C)(C)OC(=O)N1CCN([C@H]2Cc3c(Cl)cc(Cl)cc3[C@@H]2Oc2ccc(S(=O)(=O)N[C@@H]3CCN(CCOCCNC(=O)NCCCCNC(=O)NCCOCCN4CC[C@@H](NS(=O)(=O)c5ccc(O[C@H]6c7cc(Cl)cc(Cl)c7C[C@@H]6N6CCN(C(=O)OC(C)(C)C)CC6)c(F)c5)C4)C3)cc2F)CC1. The van der Waals surface area contributed by atoms with Crippen molar-refractivity contribution in [2.24, 2.45) is 0 Å². The van der Waals surface area contributed by atoms with E-state index in [1.165, 1.54) is 24.3 Å². The van der Waals surface area contributed by atoms with Gasteiger partial charge in [-0.3, -0.25) is 19.6 Å². The lowest BCUT2D eigenvalue weighted by Crippen LogP contribution is -2.54. The van der Waals surface area contributed by atoms with E-state index in [9.17, 15) is 36.0 Å². The maximum Gasteiger partial charge on any atom is 0.410 e. The van der Waals surface area contributed by atoms with Crippen LogP contribution in [0.4, 0.5) is 28.0 Å². The van der Waals surface area contributed by atoms with Crippen LogP contribution in [0.15, 0.2) is 70.5 Å². The van der Waals surface area contributed by atoms with E-state index in [4.69, 9.17) is 74.8 Å². The number of halogens is 6. The van der Waals surface area contributed by atoms with Crippen LogP contribution in [0.2, 0.25) is 20.1 Å². The topological polar surface area (TPSA) is 284 Å². The number of ether oxygens (including phenoxy) is 6. The average molecular weight is 1570 g/mol. The fraction of sp³-hybridized carbons (Fsp3) is 0.600. The van der Waals surface area contributed by atoms with Gasteiger partial charge in [0.25, 0.3) is 0 Å². The molecular weight excluding hydrogens is 1480 g/mol. The fourth-order valence-electron chi connectivity index (χ4n) is 13.7. The highest BCUT2D eigenvalue weighted by molar-refractivity contribution is 7.89. The molecule has 2 aliphatic carbocycles. The van der Waals surface area contributed by atoms with Crippen LogP contribution in [0, 0.1) is 11.6 Å². The number of nitrogens with zero attached hydrogens (tertiary/aromatic N) is 6. The molecule has 10 rings (SSSR count). The molecule has 0 spiro atoms. The van der Waals surface area contributed by atoms with Gasteiger partial charge in [0.15, 0.2) is 23.1 Å². The minimum absolute atomic E-state index is 0.131. The summed E-state index contributed by atoms with van der Waals surface area (Å²) < 4.78 is 127. The summed E-state index contributed by atoms with van der Waals surface area (Å²) in [6.07, 6.45) is 1.14. The van der Waals surface area contributed by atoms with E-state index >= 15 is 8.78 Å². The van der Waals surface area contributed by atoms with Crippen molar-refractivity contribution in [2.45, 2.75) is 137 Å². The van der Waals surface area contributed by atoms with Gasteiger partial charge < -0.3 is 59.5 Å². The zero-order chi connectivity index (χ0) is 74.7. The number of rotatable bonds is 29. The van der Waals surface area contributed by atoms with Crippen LogP contribution in [-0.2, 0) is 51.8 Å². The minimum Gasteiger partial charge on any atom is -0.481 e. The van der Waals surface area contributed by atoms with Crippen molar-refractivity contribution in [3.63, 3.8) is 0 Å².